The van der Waals surface area contributed by atoms with Crippen LogP contribution in [0.3, 0.4) is 0 Å². The predicted octanol–water partition coefficient (Wildman–Crippen LogP) is 2.22. The summed E-state index contributed by atoms with van der Waals surface area (Å²) in [6.07, 6.45) is 1.22. The second-order valence-corrected chi connectivity index (χ2v) is 7.27. The van der Waals surface area contributed by atoms with E-state index in [2.05, 4.69) is 4.72 Å². The third-order valence-electron chi connectivity index (χ3n) is 2.38. The van der Waals surface area contributed by atoms with Crippen molar-refractivity contribution in [3.05, 3.63) is 0 Å². The first-order valence-electron chi connectivity index (χ1n) is 5.83. The highest BCUT2D eigenvalue weighted by Crippen LogP contribution is 2.29. The second kappa shape index (κ2) is 9.04. The monoisotopic (exact) mass is 323 g/mol. The maximum Gasteiger partial charge on any atom is 0.441 e. The molecule has 4 nitrogen and oxygen atoms in total. The molecule has 0 aromatic heterocycles. The first-order valence-corrected chi connectivity index (χ1v) is 8.47. The maximum absolute atomic E-state index is 11.8. The third-order valence-corrected chi connectivity index (χ3v) is 4.54. The molecule has 0 fully saturated rings. The molecule has 0 saturated carbocycles. The Bertz CT molecular complexity index is 333. The van der Waals surface area contributed by atoms with Crippen LogP contribution in [0.25, 0.3) is 0 Å². The van der Waals surface area contributed by atoms with Crippen molar-refractivity contribution in [3.63, 3.8) is 0 Å². The summed E-state index contributed by atoms with van der Waals surface area (Å²) >= 11 is -0.234. The van der Waals surface area contributed by atoms with Gasteiger partial charge >= 0.3 is 5.51 Å². The van der Waals surface area contributed by atoms with Gasteiger partial charge in [0.25, 0.3) is 0 Å². The molecule has 0 radical (unpaired) electrons. The van der Waals surface area contributed by atoms with Crippen LogP contribution < -0.4 is 4.72 Å². The number of hydrogen-bond donors (Lipinski definition) is 1. The minimum Gasteiger partial charge on any atom is -0.385 e. The van der Waals surface area contributed by atoms with Gasteiger partial charge in [0.15, 0.2) is 0 Å². The van der Waals surface area contributed by atoms with Crippen LogP contribution in [-0.2, 0) is 14.8 Å². The largest absolute Gasteiger partial charge is 0.441 e. The van der Waals surface area contributed by atoms with Crippen LogP contribution in [0.1, 0.15) is 19.8 Å². The minimum atomic E-state index is -4.32. The Morgan fingerprint density at radius 2 is 1.95 bits per heavy atom. The molecule has 116 valence electrons. The molecule has 1 atom stereocenters. The van der Waals surface area contributed by atoms with Crippen LogP contribution in [0.2, 0.25) is 0 Å². The molecular formula is C10H20F3NO3S2. The van der Waals surface area contributed by atoms with Gasteiger partial charge in [-0.2, -0.15) is 13.2 Å². The molecule has 0 saturated heterocycles. The Morgan fingerprint density at radius 3 is 2.47 bits per heavy atom. The summed E-state index contributed by atoms with van der Waals surface area (Å²) in [5, 5.41) is 0. The molecule has 0 spiro atoms. The lowest BCUT2D eigenvalue weighted by Gasteiger charge is -2.12. The van der Waals surface area contributed by atoms with Gasteiger partial charge in [-0.15, -0.1) is 0 Å². The Hall–Kier alpha value is 0.01000. The van der Waals surface area contributed by atoms with Gasteiger partial charge in [0.1, 0.15) is 0 Å². The van der Waals surface area contributed by atoms with E-state index in [0.29, 0.717) is 13.0 Å². The van der Waals surface area contributed by atoms with Crippen molar-refractivity contribution < 1.29 is 26.3 Å². The van der Waals surface area contributed by atoms with Gasteiger partial charge in [-0.05, 0) is 30.5 Å². The Morgan fingerprint density at radius 1 is 1.32 bits per heavy atom. The molecular weight excluding hydrogens is 303 g/mol. The van der Waals surface area contributed by atoms with Crippen LogP contribution in [0.5, 0.6) is 0 Å². The van der Waals surface area contributed by atoms with Gasteiger partial charge in [-0.1, -0.05) is 6.92 Å². The topological polar surface area (TPSA) is 55.4 Å². The van der Waals surface area contributed by atoms with E-state index in [1.54, 1.807) is 7.11 Å². The average Bonchev–Trinajstić information content (AvgIpc) is 2.28. The van der Waals surface area contributed by atoms with Crippen LogP contribution in [0, 0.1) is 5.92 Å². The zero-order valence-corrected chi connectivity index (χ0v) is 12.6. The number of thioether (sulfide) groups is 1. The van der Waals surface area contributed by atoms with Gasteiger partial charge in [0.2, 0.25) is 10.0 Å². The number of alkyl halides is 3. The van der Waals surface area contributed by atoms with Gasteiger partial charge in [-0.25, -0.2) is 13.1 Å². The normalized spacial score (nSPS) is 14.6. The highest BCUT2D eigenvalue weighted by Gasteiger charge is 2.27. The summed E-state index contributed by atoms with van der Waals surface area (Å²) < 4.78 is 65.5. The standard InChI is InChI=1S/C10H20F3NO3S2/c1-9(3-6-17-2)4-8-19(15,16)14-5-7-18-10(11,12)13/h9,14H,3-8H2,1-2H3/t9-/m1/s1. The van der Waals surface area contributed by atoms with Gasteiger partial charge in [0, 0.05) is 26.0 Å². The quantitative estimate of drug-likeness (QED) is 0.626. The third kappa shape index (κ3) is 12.8. The number of rotatable bonds is 10. The fraction of sp³-hybridized carbons (Fsp3) is 1.00. The van der Waals surface area contributed by atoms with Crippen molar-refractivity contribution in [1.29, 1.82) is 0 Å². The van der Waals surface area contributed by atoms with Crippen molar-refractivity contribution in [1.82, 2.24) is 4.72 Å². The number of nitrogens with one attached hydrogen (secondary N) is 1. The zero-order valence-electron chi connectivity index (χ0n) is 11.0. The summed E-state index contributed by atoms with van der Waals surface area (Å²) in [4.78, 5) is 0. The van der Waals surface area contributed by atoms with E-state index in [9.17, 15) is 21.6 Å². The first-order chi connectivity index (χ1) is 8.66. The molecule has 0 aromatic rings. The summed E-state index contributed by atoms with van der Waals surface area (Å²) in [5.74, 6) is -0.197. The van der Waals surface area contributed by atoms with E-state index in [-0.39, 0.29) is 35.7 Å². The molecule has 0 amide bonds. The molecule has 0 heterocycles. The molecule has 0 aliphatic carbocycles. The fourth-order valence-corrected chi connectivity index (χ4v) is 3.09. The lowest BCUT2D eigenvalue weighted by atomic mass is 10.1. The number of hydrogen-bond acceptors (Lipinski definition) is 4. The first kappa shape index (κ1) is 19.0. The van der Waals surface area contributed by atoms with Crippen molar-refractivity contribution in [2.24, 2.45) is 5.92 Å². The van der Waals surface area contributed by atoms with E-state index in [1.807, 2.05) is 6.92 Å². The molecule has 1 N–H and O–H groups in total. The van der Waals surface area contributed by atoms with Crippen molar-refractivity contribution in [2.45, 2.75) is 25.3 Å². The number of sulfonamides is 1. The molecule has 0 aliphatic heterocycles. The van der Waals surface area contributed by atoms with E-state index < -0.39 is 15.5 Å². The Kier molecular flexibility index (Phi) is 9.04. The van der Waals surface area contributed by atoms with Crippen molar-refractivity contribution >= 4 is 21.8 Å². The van der Waals surface area contributed by atoms with Gasteiger partial charge < -0.3 is 4.74 Å². The van der Waals surface area contributed by atoms with Crippen LogP contribution in [0.4, 0.5) is 13.2 Å². The smallest absolute Gasteiger partial charge is 0.385 e. The molecule has 9 heteroatoms. The lowest BCUT2D eigenvalue weighted by Crippen LogP contribution is -2.29. The van der Waals surface area contributed by atoms with E-state index in [1.165, 1.54) is 0 Å². The van der Waals surface area contributed by atoms with Gasteiger partial charge in [-0.3, -0.25) is 0 Å². The predicted molar refractivity (Wildman–Crippen MR) is 70.6 cm³/mol. The van der Waals surface area contributed by atoms with Crippen LogP contribution >= 0.6 is 11.8 Å². The average molecular weight is 323 g/mol. The molecule has 0 aromatic carbocycles. The van der Waals surface area contributed by atoms with Gasteiger partial charge in [0.05, 0.1) is 5.75 Å². The fourth-order valence-electron chi connectivity index (χ4n) is 1.26. The van der Waals surface area contributed by atoms with E-state index >= 15 is 0 Å². The Balaban J connectivity index is 3.80. The summed E-state index contributed by atoms with van der Waals surface area (Å²) in [6, 6.07) is 0. The van der Waals surface area contributed by atoms with Crippen LogP contribution in [-0.4, -0.2) is 45.7 Å². The number of ether oxygens (including phenoxy) is 1. The van der Waals surface area contributed by atoms with Crippen LogP contribution in [0.15, 0.2) is 0 Å². The second-order valence-electron chi connectivity index (χ2n) is 4.18. The minimum absolute atomic E-state index is 0.0748. The van der Waals surface area contributed by atoms with E-state index in [0.717, 1.165) is 6.42 Å². The SMILES string of the molecule is COCC[C@@H](C)CCS(=O)(=O)NCCSC(F)(F)F. The molecule has 0 aliphatic rings. The molecule has 0 rings (SSSR count). The maximum atomic E-state index is 11.8. The summed E-state index contributed by atoms with van der Waals surface area (Å²) in [5.41, 5.74) is -4.32. The molecule has 0 unspecified atom stereocenters. The summed E-state index contributed by atoms with van der Waals surface area (Å²) in [7, 11) is -1.92. The Labute approximate surface area is 116 Å². The van der Waals surface area contributed by atoms with Crippen molar-refractivity contribution in [3.8, 4) is 0 Å². The molecule has 19 heavy (non-hydrogen) atoms. The van der Waals surface area contributed by atoms with Crippen molar-refractivity contribution in [2.75, 3.05) is 31.8 Å². The molecule has 0 bridgehead atoms. The highest BCUT2D eigenvalue weighted by atomic mass is 32.2. The summed E-state index contributed by atoms with van der Waals surface area (Å²) in [6.45, 7) is 2.27. The highest BCUT2D eigenvalue weighted by molar-refractivity contribution is 8.00. The zero-order chi connectivity index (χ0) is 14.9. The number of halogens is 3. The lowest BCUT2D eigenvalue weighted by molar-refractivity contribution is -0.0327. The number of methoxy groups -OCH3 is 1. The van der Waals surface area contributed by atoms with E-state index in [4.69, 9.17) is 4.74 Å².